The second-order valence-electron chi connectivity index (χ2n) is 4.61. The van der Waals surface area contributed by atoms with Crippen LogP contribution in [0.5, 0.6) is 0 Å². The number of benzene rings is 1. The van der Waals surface area contributed by atoms with Crippen LogP contribution in [0, 0.1) is 11.6 Å². The minimum absolute atomic E-state index is 0.219. The largest absolute Gasteiger partial charge is 0.264 e. The van der Waals surface area contributed by atoms with Crippen LogP contribution in [0.2, 0.25) is 0 Å². The minimum atomic E-state index is -0.445. The van der Waals surface area contributed by atoms with E-state index in [1.807, 2.05) is 13.8 Å². The molecule has 0 spiro atoms. The van der Waals surface area contributed by atoms with E-state index in [1.54, 1.807) is 4.68 Å². The first kappa shape index (κ1) is 15.0. The van der Waals surface area contributed by atoms with Gasteiger partial charge >= 0.3 is 0 Å². The van der Waals surface area contributed by atoms with E-state index < -0.39 is 11.6 Å². The van der Waals surface area contributed by atoms with Gasteiger partial charge < -0.3 is 0 Å². The summed E-state index contributed by atoms with van der Waals surface area (Å²) in [7, 11) is 0. The summed E-state index contributed by atoms with van der Waals surface area (Å²) in [6.45, 7) is 4.23. The van der Waals surface area contributed by atoms with E-state index in [0.717, 1.165) is 41.9 Å². The molecule has 1 aromatic heterocycles. The summed E-state index contributed by atoms with van der Waals surface area (Å²) in [6.07, 6.45) is 1.53. The van der Waals surface area contributed by atoms with Gasteiger partial charge in [0.05, 0.1) is 18.1 Å². The van der Waals surface area contributed by atoms with Gasteiger partial charge in [-0.05, 0) is 31.0 Å². The first-order valence-corrected chi connectivity index (χ1v) is 7.21. The quantitative estimate of drug-likeness (QED) is 0.761. The lowest BCUT2D eigenvalue weighted by Crippen LogP contribution is -2.08. The van der Waals surface area contributed by atoms with Crippen molar-refractivity contribution in [2.45, 2.75) is 39.1 Å². The molecule has 20 heavy (non-hydrogen) atoms. The Morgan fingerprint density at radius 3 is 2.55 bits per heavy atom. The molecule has 0 aliphatic rings. The Morgan fingerprint density at radius 2 is 1.95 bits per heavy atom. The summed E-state index contributed by atoms with van der Waals surface area (Å²) in [4.78, 5) is 0. The Bertz CT molecular complexity index is 608. The zero-order valence-electron chi connectivity index (χ0n) is 11.6. The van der Waals surface area contributed by atoms with Gasteiger partial charge in [0.2, 0.25) is 0 Å². The van der Waals surface area contributed by atoms with Crippen LogP contribution >= 0.6 is 11.6 Å². The molecule has 0 aliphatic carbocycles. The highest BCUT2D eigenvalue weighted by atomic mass is 35.5. The van der Waals surface area contributed by atoms with Crippen LogP contribution in [0.3, 0.4) is 0 Å². The molecule has 0 N–H and O–H groups in total. The summed E-state index contributed by atoms with van der Waals surface area (Å²) < 4.78 is 28.7. The third-order valence-corrected chi connectivity index (χ3v) is 3.65. The molecule has 0 radical (unpaired) electrons. The van der Waals surface area contributed by atoms with Crippen molar-refractivity contribution in [1.82, 2.24) is 9.78 Å². The Labute approximate surface area is 122 Å². The van der Waals surface area contributed by atoms with Crippen molar-refractivity contribution >= 4 is 11.6 Å². The van der Waals surface area contributed by atoms with Gasteiger partial charge in [-0.1, -0.05) is 13.8 Å². The molecule has 0 saturated carbocycles. The second kappa shape index (κ2) is 6.35. The van der Waals surface area contributed by atoms with Gasteiger partial charge in [0.1, 0.15) is 11.6 Å². The third kappa shape index (κ3) is 2.85. The molecule has 0 fully saturated rings. The van der Waals surface area contributed by atoms with Crippen molar-refractivity contribution in [1.29, 1.82) is 0 Å². The Hall–Kier alpha value is -1.42. The van der Waals surface area contributed by atoms with Gasteiger partial charge in [-0.25, -0.2) is 8.78 Å². The number of rotatable bonds is 5. The minimum Gasteiger partial charge on any atom is -0.264 e. The fourth-order valence-electron chi connectivity index (χ4n) is 2.38. The van der Waals surface area contributed by atoms with Gasteiger partial charge in [0.25, 0.3) is 0 Å². The van der Waals surface area contributed by atoms with Gasteiger partial charge in [0, 0.05) is 16.8 Å². The Balaban J connectivity index is 2.42. The first-order chi connectivity index (χ1) is 9.60. The molecule has 0 bridgehead atoms. The molecule has 2 nitrogen and oxygen atoms in total. The maximum Gasteiger partial charge on any atom is 0.128 e. The van der Waals surface area contributed by atoms with Gasteiger partial charge in [-0.15, -0.1) is 11.6 Å². The van der Waals surface area contributed by atoms with E-state index in [0.29, 0.717) is 11.4 Å². The lowest BCUT2D eigenvalue weighted by atomic mass is 10.1. The number of halogens is 3. The van der Waals surface area contributed by atoms with Crippen LogP contribution in [0.25, 0.3) is 0 Å². The summed E-state index contributed by atoms with van der Waals surface area (Å²) in [5.41, 5.74) is 3.22. The van der Waals surface area contributed by atoms with E-state index in [-0.39, 0.29) is 6.54 Å². The highest BCUT2D eigenvalue weighted by Gasteiger charge is 2.16. The molecule has 1 aromatic carbocycles. The van der Waals surface area contributed by atoms with Crippen molar-refractivity contribution in [3.05, 3.63) is 52.3 Å². The van der Waals surface area contributed by atoms with Gasteiger partial charge in [-0.2, -0.15) is 5.10 Å². The van der Waals surface area contributed by atoms with Crippen LogP contribution in [-0.2, 0) is 25.3 Å². The highest BCUT2D eigenvalue weighted by Crippen LogP contribution is 2.20. The van der Waals surface area contributed by atoms with Crippen molar-refractivity contribution < 1.29 is 8.78 Å². The molecule has 0 saturated heterocycles. The summed E-state index contributed by atoms with van der Waals surface area (Å²) >= 11 is 5.98. The summed E-state index contributed by atoms with van der Waals surface area (Å²) in [5, 5.41) is 4.48. The fourth-order valence-corrected chi connectivity index (χ4v) is 2.69. The third-order valence-electron chi connectivity index (χ3n) is 3.38. The van der Waals surface area contributed by atoms with E-state index >= 15 is 0 Å². The van der Waals surface area contributed by atoms with Crippen LogP contribution in [0.15, 0.2) is 18.2 Å². The smallest absolute Gasteiger partial charge is 0.128 e. The molecule has 5 heteroatoms. The number of aryl methyl sites for hydroxylation is 1. The number of aromatic nitrogens is 2. The van der Waals surface area contributed by atoms with E-state index in [2.05, 4.69) is 5.10 Å². The number of alkyl halides is 1. The monoisotopic (exact) mass is 298 g/mol. The lowest BCUT2D eigenvalue weighted by Gasteiger charge is -2.08. The predicted octanol–water partition coefficient (Wildman–Crippen LogP) is 4.07. The van der Waals surface area contributed by atoms with Crippen molar-refractivity contribution in [3.8, 4) is 0 Å². The predicted molar refractivity (Wildman–Crippen MR) is 76.0 cm³/mol. The van der Waals surface area contributed by atoms with E-state index in [4.69, 9.17) is 11.6 Å². The fraction of sp³-hybridized carbons (Fsp3) is 0.400. The van der Waals surface area contributed by atoms with Crippen molar-refractivity contribution in [2.75, 3.05) is 0 Å². The van der Waals surface area contributed by atoms with Crippen LogP contribution in [-0.4, -0.2) is 9.78 Å². The standard InChI is InChI=1S/C15H17ClF2N2/c1-3-14-12(8-16)15(4-2)20(19-14)9-10-7-11(17)5-6-13(10)18/h5-7H,3-4,8-9H2,1-2H3. The molecule has 0 aliphatic heterocycles. The zero-order chi connectivity index (χ0) is 14.7. The molecular formula is C15H17ClF2N2. The summed E-state index contributed by atoms with van der Waals surface area (Å²) in [6, 6.07) is 3.47. The van der Waals surface area contributed by atoms with Crippen LogP contribution in [0.1, 0.15) is 36.4 Å². The molecular weight excluding hydrogens is 282 g/mol. The normalized spacial score (nSPS) is 11.1. The average molecular weight is 299 g/mol. The maximum absolute atomic E-state index is 13.7. The first-order valence-electron chi connectivity index (χ1n) is 6.68. The van der Waals surface area contributed by atoms with Crippen molar-refractivity contribution in [3.63, 3.8) is 0 Å². The van der Waals surface area contributed by atoms with E-state index in [9.17, 15) is 8.78 Å². The molecule has 108 valence electrons. The van der Waals surface area contributed by atoms with Gasteiger partial charge in [0.15, 0.2) is 0 Å². The Kier molecular flexibility index (Phi) is 4.76. The zero-order valence-corrected chi connectivity index (χ0v) is 12.3. The second-order valence-corrected chi connectivity index (χ2v) is 4.87. The number of hydrogen-bond acceptors (Lipinski definition) is 1. The van der Waals surface area contributed by atoms with E-state index in [1.165, 1.54) is 6.07 Å². The maximum atomic E-state index is 13.7. The molecule has 0 unspecified atom stereocenters. The van der Waals surface area contributed by atoms with Crippen molar-refractivity contribution in [2.24, 2.45) is 0 Å². The highest BCUT2D eigenvalue weighted by molar-refractivity contribution is 6.17. The molecule has 1 heterocycles. The molecule has 2 aromatic rings. The van der Waals surface area contributed by atoms with Crippen LogP contribution in [0.4, 0.5) is 8.78 Å². The number of nitrogens with zero attached hydrogens (tertiary/aromatic N) is 2. The topological polar surface area (TPSA) is 17.8 Å². The number of hydrogen-bond donors (Lipinski definition) is 0. The molecule has 2 rings (SSSR count). The van der Waals surface area contributed by atoms with Crippen LogP contribution < -0.4 is 0 Å². The van der Waals surface area contributed by atoms with Gasteiger partial charge in [-0.3, -0.25) is 4.68 Å². The lowest BCUT2D eigenvalue weighted by molar-refractivity contribution is 0.558. The Morgan fingerprint density at radius 1 is 1.20 bits per heavy atom. The molecule has 0 amide bonds. The summed E-state index contributed by atoms with van der Waals surface area (Å²) in [5.74, 6) is -0.479. The SMILES string of the molecule is CCc1nn(Cc2cc(F)ccc2F)c(CC)c1CCl. The average Bonchev–Trinajstić information content (AvgIpc) is 2.79. The molecule has 0 atom stereocenters.